The second-order valence-corrected chi connectivity index (χ2v) is 8.96. The fourth-order valence-electron chi connectivity index (χ4n) is 4.57. The normalized spacial score (nSPS) is 22.3. The van der Waals surface area contributed by atoms with Crippen molar-refractivity contribution in [3.8, 4) is 0 Å². The molecule has 2 aromatic carbocycles. The maximum atomic E-state index is 12.8. The van der Waals surface area contributed by atoms with Crippen molar-refractivity contribution < 1.29 is 4.79 Å². The monoisotopic (exact) mass is 424 g/mol. The lowest BCUT2D eigenvalue weighted by atomic mass is 9.71. The van der Waals surface area contributed by atoms with E-state index in [4.69, 9.17) is 16.6 Å². The van der Waals surface area contributed by atoms with E-state index in [1.165, 1.54) is 5.56 Å². The number of carbonyl (C=O) groups is 1. The molecule has 0 radical (unpaired) electrons. The minimum Gasteiger partial charge on any atom is -0.345 e. The number of para-hydroxylation sites is 1. The Morgan fingerprint density at radius 1 is 1.17 bits per heavy atom. The summed E-state index contributed by atoms with van der Waals surface area (Å²) in [6, 6.07) is 13.9. The maximum absolute atomic E-state index is 12.8. The Bertz CT molecular complexity index is 961. The van der Waals surface area contributed by atoms with Crippen LogP contribution in [0.3, 0.4) is 0 Å². The van der Waals surface area contributed by atoms with E-state index in [0.717, 1.165) is 60.9 Å². The Morgan fingerprint density at radius 3 is 2.80 bits per heavy atom. The van der Waals surface area contributed by atoms with Crippen molar-refractivity contribution in [1.82, 2.24) is 10.2 Å². The van der Waals surface area contributed by atoms with Crippen molar-refractivity contribution in [2.75, 3.05) is 32.5 Å². The maximum Gasteiger partial charge on any atom is 0.255 e. The Balaban J connectivity index is 1.74. The molecule has 4 rings (SSSR count). The molecular formula is C24H29ClN4O. The van der Waals surface area contributed by atoms with Crippen molar-refractivity contribution in [2.45, 2.75) is 32.2 Å². The predicted octanol–water partition coefficient (Wildman–Crippen LogP) is 4.37. The molecule has 1 atom stereocenters. The van der Waals surface area contributed by atoms with Crippen LogP contribution in [0.5, 0.6) is 0 Å². The van der Waals surface area contributed by atoms with Gasteiger partial charge in [-0.2, -0.15) is 0 Å². The first kappa shape index (κ1) is 20.9. The molecule has 1 spiro atoms. The van der Waals surface area contributed by atoms with Crippen molar-refractivity contribution >= 4 is 29.0 Å². The molecular weight excluding hydrogens is 396 g/mol. The topological polar surface area (TPSA) is 56.7 Å². The fraction of sp³-hybridized carbons (Fsp3) is 0.417. The Labute approximate surface area is 183 Å². The molecule has 1 unspecified atom stereocenters. The van der Waals surface area contributed by atoms with Gasteiger partial charge < -0.3 is 15.5 Å². The summed E-state index contributed by atoms with van der Waals surface area (Å²) >= 11 is 6.17. The quantitative estimate of drug-likeness (QED) is 0.769. The van der Waals surface area contributed by atoms with Gasteiger partial charge in [-0.05, 0) is 68.1 Å². The number of hydrogen-bond donors (Lipinski definition) is 2. The van der Waals surface area contributed by atoms with E-state index in [0.29, 0.717) is 12.1 Å². The minimum absolute atomic E-state index is 0.00650. The van der Waals surface area contributed by atoms with E-state index >= 15 is 0 Å². The largest absolute Gasteiger partial charge is 0.345 e. The van der Waals surface area contributed by atoms with Gasteiger partial charge in [-0.25, -0.2) is 0 Å². The van der Waals surface area contributed by atoms with Crippen LogP contribution in [0.15, 0.2) is 47.5 Å². The summed E-state index contributed by atoms with van der Waals surface area (Å²) in [6.45, 7) is 2.58. The van der Waals surface area contributed by atoms with E-state index in [1.54, 1.807) is 19.0 Å². The first-order valence-electron chi connectivity index (χ1n) is 10.6. The van der Waals surface area contributed by atoms with Crippen molar-refractivity contribution in [3.05, 3.63) is 64.2 Å². The fourth-order valence-corrected chi connectivity index (χ4v) is 4.78. The van der Waals surface area contributed by atoms with Gasteiger partial charge in [0.25, 0.3) is 5.91 Å². The van der Waals surface area contributed by atoms with Crippen LogP contribution >= 0.6 is 11.6 Å². The molecule has 2 aliphatic heterocycles. The molecule has 0 aromatic heterocycles. The van der Waals surface area contributed by atoms with E-state index in [9.17, 15) is 4.79 Å². The SMILES string of the molecule is CN(C)C(=O)c1cccc2c1NC(=NCc1cccc(Cl)c1)C1(CCCNCC1)C2. The molecule has 1 fully saturated rings. The first-order valence-corrected chi connectivity index (χ1v) is 11.0. The number of halogens is 1. The van der Waals surface area contributed by atoms with Crippen LogP contribution in [0.1, 0.15) is 40.7 Å². The van der Waals surface area contributed by atoms with Crippen LogP contribution in [0.4, 0.5) is 5.69 Å². The van der Waals surface area contributed by atoms with Crippen molar-refractivity contribution in [3.63, 3.8) is 0 Å². The minimum atomic E-state index is -0.0329. The number of anilines is 1. The van der Waals surface area contributed by atoms with Crippen LogP contribution in [0.2, 0.25) is 5.02 Å². The van der Waals surface area contributed by atoms with E-state index in [2.05, 4.69) is 22.8 Å². The summed E-state index contributed by atoms with van der Waals surface area (Å²) in [5, 5.41) is 7.87. The molecule has 2 aliphatic rings. The lowest BCUT2D eigenvalue weighted by Crippen LogP contribution is -2.43. The van der Waals surface area contributed by atoms with Crippen LogP contribution in [0.25, 0.3) is 0 Å². The Kier molecular flexibility index (Phi) is 6.11. The summed E-state index contributed by atoms with van der Waals surface area (Å²) in [6.07, 6.45) is 4.12. The third-order valence-electron chi connectivity index (χ3n) is 6.16. The number of carbonyl (C=O) groups excluding carboxylic acids is 1. The number of rotatable bonds is 3. The van der Waals surface area contributed by atoms with E-state index < -0.39 is 0 Å². The summed E-state index contributed by atoms with van der Waals surface area (Å²) in [5.74, 6) is 1.00. The van der Waals surface area contributed by atoms with Gasteiger partial charge in [0.1, 0.15) is 5.84 Å². The lowest BCUT2D eigenvalue weighted by Gasteiger charge is -2.40. The number of hydrogen-bond acceptors (Lipinski definition) is 3. The lowest BCUT2D eigenvalue weighted by molar-refractivity contribution is 0.0828. The molecule has 1 saturated heterocycles. The highest BCUT2D eigenvalue weighted by Gasteiger charge is 2.41. The number of amides is 1. The highest BCUT2D eigenvalue weighted by molar-refractivity contribution is 6.30. The van der Waals surface area contributed by atoms with Gasteiger partial charge >= 0.3 is 0 Å². The Hall–Kier alpha value is -2.37. The van der Waals surface area contributed by atoms with Crippen LogP contribution < -0.4 is 10.6 Å². The molecule has 5 nitrogen and oxygen atoms in total. The number of amidine groups is 1. The van der Waals surface area contributed by atoms with E-state index in [-0.39, 0.29) is 11.3 Å². The van der Waals surface area contributed by atoms with Gasteiger partial charge in [-0.3, -0.25) is 9.79 Å². The summed E-state index contributed by atoms with van der Waals surface area (Å²) in [5.41, 5.74) is 3.86. The van der Waals surface area contributed by atoms with Crippen LogP contribution in [0, 0.1) is 5.41 Å². The zero-order valence-corrected chi connectivity index (χ0v) is 18.4. The molecule has 30 heavy (non-hydrogen) atoms. The number of fused-ring (bicyclic) bond motifs is 1. The third-order valence-corrected chi connectivity index (χ3v) is 6.40. The molecule has 2 heterocycles. The van der Waals surface area contributed by atoms with Crippen molar-refractivity contribution in [1.29, 1.82) is 0 Å². The smallest absolute Gasteiger partial charge is 0.255 e. The van der Waals surface area contributed by atoms with Crippen molar-refractivity contribution in [2.24, 2.45) is 10.4 Å². The average Bonchev–Trinajstić information content (AvgIpc) is 2.97. The zero-order chi connectivity index (χ0) is 21.1. The first-order chi connectivity index (χ1) is 14.5. The second-order valence-electron chi connectivity index (χ2n) is 8.52. The number of nitrogens with zero attached hydrogens (tertiary/aromatic N) is 2. The summed E-state index contributed by atoms with van der Waals surface area (Å²) < 4.78 is 0. The zero-order valence-electron chi connectivity index (χ0n) is 17.7. The van der Waals surface area contributed by atoms with Crippen LogP contribution in [-0.4, -0.2) is 43.8 Å². The third kappa shape index (κ3) is 4.23. The predicted molar refractivity (Wildman–Crippen MR) is 124 cm³/mol. The summed E-state index contributed by atoms with van der Waals surface area (Å²) in [7, 11) is 3.58. The number of nitrogens with one attached hydrogen (secondary N) is 2. The van der Waals surface area contributed by atoms with Gasteiger partial charge in [0.2, 0.25) is 0 Å². The van der Waals surface area contributed by atoms with Gasteiger partial charge in [0.05, 0.1) is 17.8 Å². The number of benzene rings is 2. The van der Waals surface area contributed by atoms with Gasteiger partial charge in [-0.15, -0.1) is 0 Å². The Morgan fingerprint density at radius 2 is 2.00 bits per heavy atom. The van der Waals surface area contributed by atoms with Gasteiger partial charge in [-0.1, -0.05) is 35.9 Å². The molecule has 1 amide bonds. The number of aliphatic imine (C=N–C) groups is 1. The highest BCUT2D eigenvalue weighted by atomic mass is 35.5. The van der Waals surface area contributed by atoms with E-state index in [1.807, 2.05) is 30.3 Å². The molecule has 0 aliphatic carbocycles. The molecule has 2 aromatic rings. The highest BCUT2D eigenvalue weighted by Crippen LogP contribution is 2.42. The summed E-state index contributed by atoms with van der Waals surface area (Å²) in [4.78, 5) is 19.5. The molecule has 6 heteroatoms. The second kappa shape index (κ2) is 8.78. The molecule has 158 valence electrons. The van der Waals surface area contributed by atoms with Gasteiger partial charge in [0, 0.05) is 24.5 Å². The molecule has 2 N–H and O–H groups in total. The average molecular weight is 425 g/mol. The van der Waals surface area contributed by atoms with Gasteiger partial charge in [0.15, 0.2) is 0 Å². The van der Waals surface area contributed by atoms with Crippen LogP contribution in [-0.2, 0) is 13.0 Å². The molecule has 0 bridgehead atoms. The molecule has 0 saturated carbocycles. The standard InChI is InChI=1S/C24H29ClN4O/c1-29(2)22(30)20-9-4-7-18-15-24(10-5-12-26-13-11-24)23(28-21(18)20)27-16-17-6-3-8-19(25)14-17/h3-4,6-9,14,26H,5,10-13,15-16H2,1-2H3,(H,27,28).